The molecule has 3 N–H and O–H groups in total. The third kappa shape index (κ3) is 4.66. The molecule has 96 valence electrons. The largest absolute Gasteiger partial charge is 0.346 e. The fraction of sp³-hybridized carbons (Fsp3) is 0.545. The summed E-state index contributed by atoms with van der Waals surface area (Å²) in [6.45, 7) is 6.49. The summed E-state index contributed by atoms with van der Waals surface area (Å²) in [5, 5.41) is 2.86. The van der Waals surface area contributed by atoms with Crippen LogP contribution in [0, 0.1) is 5.41 Å². The van der Waals surface area contributed by atoms with E-state index < -0.39 is 0 Å². The summed E-state index contributed by atoms with van der Waals surface area (Å²) in [6.07, 6.45) is 4.45. The Morgan fingerprint density at radius 3 is 2.53 bits per heavy atom. The first kappa shape index (κ1) is 15.8. The van der Waals surface area contributed by atoms with Crippen LogP contribution in [0.15, 0.2) is 18.6 Å². The van der Waals surface area contributed by atoms with Gasteiger partial charge in [0.05, 0.1) is 6.20 Å². The van der Waals surface area contributed by atoms with Crippen LogP contribution in [0.5, 0.6) is 0 Å². The van der Waals surface area contributed by atoms with Crippen LogP contribution in [0.3, 0.4) is 0 Å². The van der Waals surface area contributed by atoms with E-state index in [4.69, 9.17) is 5.73 Å². The predicted molar refractivity (Wildman–Crippen MR) is 69.0 cm³/mol. The number of carbonyl (C=O) groups excluding carboxylic acids is 1. The van der Waals surface area contributed by atoms with Gasteiger partial charge in [0.1, 0.15) is 5.69 Å². The predicted octanol–water partition coefficient (Wildman–Crippen LogP) is 1.00. The minimum Gasteiger partial charge on any atom is -0.346 e. The van der Waals surface area contributed by atoms with Crippen LogP contribution in [-0.4, -0.2) is 28.5 Å². The van der Waals surface area contributed by atoms with Crippen molar-refractivity contribution in [1.82, 2.24) is 15.3 Å². The van der Waals surface area contributed by atoms with E-state index in [1.807, 2.05) is 20.8 Å². The van der Waals surface area contributed by atoms with Gasteiger partial charge in [-0.3, -0.25) is 9.78 Å². The Morgan fingerprint density at radius 2 is 2.12 bits per heavy atom. The number of carbonyl (C=O) groups is 1. The smallest absolute Gasteiger partial charge is 0.271 e. The minimum atomic E-state index is -0.238. The van der Waals surface area contributed by atoms with Crippen LogP contribution in [0.25, 0.3) is 0 Å². The molecule has 0 saturated heterocycles. The van der Waals surface area contributed by atoms with Crippen LogP contribution in [-0.2, 0) is 0 Å². The zero-order valence-corrected chi connectivity index (χ0v) is 11.1. The van der Waals surface area contributed by atoms with E-state index in [-0.39, 0.29) is 29.8 Å². The Morgan fingerprint density at radius 1 is 1.47 bits per heavy atom. The van der Waals surface area contributed by atoms with Crippen molar-refractivity contribution in [2.24, 2.45) is 11.1 Å². The van der Waals surface area contributed by atoms with Crippen molar-refractivity contribution >= 4 is 18.3 Å². The molecule has 0 aliphatic carbocycles. The first-order chi connectivity index (χ1) is 7.45. The number of aromatic nitrogens is 2. The highest BCUT2D eigenvalue weighted by Crippen LogP contribution is 2.18. The Bertz CT molecular complexity index is 350. The SMILES string of the molecule is CC(C)(C)C(CN)NC(=O)c1cnccn1.Cl. The molecule has 17 heavy (non-hydrogen) atoms. The highest BCUT2D eigenvalue weighted by molar-refractivity contribution is 5.92. The molecule has 0 aromatic carbocycles. The van der Waals surface area contributed by atoms with Gasteiger partial charge in [0.15, 0.2) is 0 Å². The Labute approximate surface area is 108 Å². The zero-order chi connectivity index (χ0) is 12.2. The molecular formula is C11H19ClN4O. The molecular weight excluding hydrogens is 240 g/mol. The van der Waals surface area contributed by atoms with Crippen molar-refractivity contribution in [2.75, 3.05) is 6.54 Å². The molecule has 0 radical (unpaired) electrons. The maximum absolute atomic E-state index is 11.8. The van der Waals surface area contributed by atoms with Crippen LogP contribution in [0.1, 0.15) is 31.3 Å². The van der Waals surface area contributed by atoms with Crippen LogP contribution in [0.4, 0.5) is 0 Å². The molecule has 1 heterocycles. The maximum atomic E-state index is 11.8. The maximum Gasteiger partial charge on any atom is 0.271 e. The topological polar surface area (TPSA) is 80.9 Å². The molecule has 0 bridgehead atoms. The summed E-state index contributed by atoms with van der Waals surface area (Å²) in [7, 11) is 0. The van der Waals surface area contributed by atoms with Gasteiger partial charge in [-0.1, -0.05) is 20.8 Å². The van der Waals surface area contributed by atoms with Gasteiger partial charge in [-0.15, -0.1) is 12.4 Å². The van der Waals surface area contributed by atoms with E-state index in [0.717, 1.165) is 0 Å². The normalized spacial score (nSPS) is 12.5. The average Bonchev–Trinajstić information content (AvgIpc) is 2.25. The lowest BCUT2D eigenvalue weighted by Gasteiger charge is -2.30. The standard InChI is InChI=1S/C11H18N4O.ClH/c1-11(2,3)9(6-12)15-10(16)8-7-13-4-5-14-8;/h4-5,7,9H,6,12H2,1-3H3,(H,15,16);1H. The average molecular weight is 259 g/mol. The molecule has 1 aromatic rings. The summed E-state index contributed by atoms with van der Waals surface area (Å²) >= 11 is 0. The molecule has 0 spiro atoms. The summed E-state index contributed by atoms with van der Waals surface area (Å²) in [4.78, 5) is 19.6. The molecule has 1 atom stereocenters. The molecule has 0 aliphatic heterocycles. The molecule has 0 saturated carbocycles. The molecule has 0 fully saturated rings. The van der Waals surface area contributed by atoms with E-state index in [0.29, 0.717) is 12.2 Å². The minimum absolute atomic E-state index is 0. The second-order valence-corrected chi connectivity index (χ2v) is 4.72. The van der Waals surface area contributed by atoms with Gasteiger partial charge in [-0.2, -0.15) is 0 Å². The lowest BCUT2D eigenvalue weighted by Crippen LogP contribution is -2.48. The van der Waals surface area contributed by atoms with E-state index >= 15 is 0 Å². The number of amides is 1. The summed E-state index contributed by atoms with van der Waals surface area (Å²) < 4.78 is 0. The monoisotopic (exact) mass is 258 g/mol. The van der Waals surface area contributed by atoms with Crippen molar-refractivity contribution in [3.05, 3.63) is 24.3 Å². The number of nitrogens with zero attached hydrogens (tertiary/aromatic N) is 2. The fourth-order valence-electron chi connectivity index (χ4n) is 1.28. The zero-order valence-electron chi connectivity index (χ0n) is 10.3. The third-order valence-corrected chi connectivity index (χ3v) is 2.38. The first-order valence-electron chi connectivity index (χ1n) is 5.22. The number of nitrogens with two attached hydrogens (primary N) is 1. The van der Waals surface area contributed by atoms with E-state index in [2.05, 4.69) is 15.3 Å². The van der Waals surface area contributed by atoms with Gasteiger partial charge >= 0.3 is 0 Å². The lowest BCUT2D eigenvalue weighted by molar-refractivity contribution is 0.0900. The first-order valence-corrected chi connectivity index (χ1v) is 5.22. The Balaban J connectivity index is 0.00000256. The molecule has 6 heteroatoms. The second-order valence-electron chi connectivity index (χ2n) is 4.72. The van der Waals surface area contributed by atoms with Crippen LogP contribution >= 0.6 is 12.4 Å². The molecule has 5 nitrogen and oxygen atoms in total. The van der Waals surface area contributed by atoms with E-state index in [1.54, 1.807) is 0 Å². The Kier molecular flexibility index (Phi) is 6.05. The van der Waals surface area contributed by atoms with Crippen molar-refractivity contribution in [3.63, 3.8) is 0 Å². The fourth-order valence-corrected chi connectivity index (χ4v) is 1.28. The number of halogens is 1. The van der Waals surface area contributed by atoms with Crippen molar-refractivity contribution in [2.45, 2.75) is 26.8 Å². The summed E-state index contributed by atoms with van der Waals surface area (Å²) in [5.74, 6) is -0.238. The van der Waals surface area contributed by atoms with Gasteiger partial charge in [-0.05, 0) is 5.41 Å². The quantitative estimate of drug-likeness (QED) is 0.848. The highest BCUT2D eigenvalue weighted by atomic mass is 35.5. The highest BCUT2D eigenvalue weighted by Gasteiger charge is 2.25. The lowest BCUT2D eigenvalue weighted by atomic mass is 9.87. The van der Waals surface area contributed by atoms with Gasteiger partial charge in [-0.25, -0.2) is 4.98 Å². The van der Waals surface area contributed by atoms with Crippen LogP contribution in [0.2, 0.25) is 0 Å². The Hall–Kier alpha value is -1.20. The number of rotatable bonds is 3. The van der Waals surface area contributed by atoms with Crippen molar-refractivity contribution in [3.8, 4) is 0 Å². The van der Waals surface area contributed by atoms with E-state index in [1.165, 1.54) is 18.6 Å². The molecule has 1 unspecified atom stereocenters. The van der Waals surface area contributed by atoms with Gasteiger partial charge in [0.25, 0.3) is 5.91 Å². The van der Waals surface area contributed by atoms with Crippen molar-refractivity contribution in [1.29, 1.82) is 0 Å². The van der Waals surface area contributed by atoms with Gasteiger partial charge in [0, 0.05) is 25.0 Å². The van der Waals surface area contributed by atoms with Gasteiger partial charge < -0.3 is 11.1 Å². The molecule has 1 rings (SSSR count). The molecule has 0 aliphatic rings. The summed E-state index contributed by atoms with van der Waals surface area (Å²) in [5.41, 5.74) is 5.87. The summed E-state index contributed by atoms with van der Waals surface area (Å²) in [6, 6.07) is -0.0815. The number of hydrogen-bond donors (Lipinski definition) is 2. The van der Waals surface area contributed by atoms with Crippen LogP contribution < -0.4 is 11.1 Å². The number of nitrogens with one attached hydrogen (secondary N) is 1. The number of hydrogen-bond acceptors (Lipinski definition) is 4. The van der Waals surface area contributed by atoms with Gasteiger partial charge in [0.2, 0.25) is 0 Å². The molecule has 1 aromatic heterocycles. The second kappa shape index (κ2) is 6.51. The molecule has 1 amide bonds. The van der Waals surface area contributed by atoms with E-state index in [9.17, 15) is 4.79 Å². The van der Waals surface area contributed by atoms with Crippen molar-refractivity contribution < 1.29 is 4.79 Å². The third-order valence-electron chi connectivity index (χ3n) is 2.38.